The maximum atomic E-state index is 12.6. The molecule has 0 radical (unpaired) electrons. The molecule has 1 aliphatic heterocycles. The fraction of sp³-hybridized carbons (Fsp3) is 0.190. The number of rotatable bonds is 3. The second-order valence-corrected chi connectivity index (χ2v) is 6.53. The highest BCUT2D eigenvalue weighted by molar-refractivity contribution is 6.22. The number of nitrogens with zero attached hydrogens (tertiary/aromatic N) is 1. The van der Waals surface area contributed by atoms with Gasteiger partial charge in [-0.15, -0.1) is 0 Å². The van der Waals surface area contributed by atoms with Crippen LogP contribution in [0.3, 0.4) is 0 Å². The summed E-state index contributed by atoms with van der Waals surface area (Å²) in [7, 11) is 0. The first kappa shape index (κ1) is 16.3. The molecule has 0 unspecified atom stereocenters. The Morgan fingerprint density at radius 1 is 0.846 bits per heavy atom. The monoisotopic (exact) mass is 346 g/mol. The molecule has 26 heavy (non-hydrogen) atoms. The molecule has 1 heterocycles. The zero-order valence-corrected chi connectivity index (χ0v) is 14.1. The van der Waals surface area contributed by atoms with Crippen molar-refractivity contribution in [2.24, 2.45) is 11.8 Å². The van der Waals surface area contributed by atoms with Gasteiger partial charge in [0.1, 0.15) is 0 Å². The van der Waals surface area contributed by atoms with Gasteiger partial charge < -0.3 is 5.32 Å². The van der Waals surface area contributed by atoms with Crippen LogP contribution in [0.5, 0.6) is 0 Å². The molecule has 5 heteroatoms. The van der Waals surface area contributed by atoms with Crippen molar-refractivity contribution < 1.29 is 14.4 Å². The summed E-state index contributed by atoms with van der Waals surface area (Å²) >= 11 is 0. The van der Waals surface area contributed by atoms with Crippen molar-refractivity contribution in [2.75, 3.05) is 10.2 Å². The summed E-state index contributed by atoms with van der Waals surface area (Å²) in [4.78, 5) is 38.8. The third-order valence-corrected chi connectivity index (χ3v) is 4.93. The quantitative estimate of drug-likeness (QED) is 0.684. The topological polar surface area (TPSA) is 66.5 Å². The van der Waals surface area contributed by atoms with Crippen LogP contribution in [0.15, 0.2) is 66.7 Å². The lowest BCUT2D eigenvalue weighted by molar-refractivity contribution is -0.122. The van der Waals surface area contributed by atoms with Gasteiger partial charge in [0.2, 0.25) is 11.8 Å². The minimum absolute atomic E-state index is 0.147. The van der Waals surface area contributed by atoms with E-state index in [0.29, 0.717) is 29.8 Å². The number of hydrogen-bond donors (Lipinski definition) is 1. The van der Waals surface area contributed by atoms with Gasteiger partial charge >= 0.3 is 0 Å². The predicted molar refractivity (Wildman–Crippen MR) is 98.7 cm³/mol. The number of imide groups is 1. The minimum Gasteiger partial charge on any atom is -0.322 e. The van der Waals surface area contributed by atoms with E-state index < -0.39 is 0 Å². The van der Waals surface area contributed by atoms with Crippen molar-refractivity contribution in [3.63, 3.8) is 0 Å². The predicted octanol–water partition coefficient (Wildman–Crippen LogP) is 3.39. The van der Waals surface area contributed by atoms with Gasteiger partial charge in [0.25, 0.3) is 5.91 Å². The Hall–Kier alpha value is -3.21. The number of fused-ring (bicyclic) bond motifs is 1. The fourth-order valence-electron chi connectivity index (χ4n) is 3.54. The van der Waals surface area contributed by atoms with Crippen LogP contribution < -0.4 is 10.2 Å². The van der Waals surface area contributed by atoms with Gasteiger partial charge in [-0.25, -0.2) is 0 Å². The van der Waals surface area contributed by atoms with E-state index in [1.165, 1.54) is 4.90 Å². The molecule has 1 fully saturated rings. The molecule has 0 spiro atoms. The maximum absolute atomic E-state index is 12.6. The second-order valence-electron chi connectivity index (χ2n) is 6.53. The van der Waals surface area contributed by atoms with Gasteiger partial charge in [-0.1, -0.05) is 30.4 Å². The molecule has 130 valence electrons. The van der Waals surface area contributed by atoms with Gasteiger partial charge in [-0.2, -0.15) is 0 Å². The zero-order chi connectivity index (χ0) is 18.1. The number of carbonyl (C=O) groups is 3. The van der Waals surface area contributed by atoms with E-state index in [1.54, 1.807) is 24.3 Å². The lowest BCUT2D eigenvalue weighted by Gasteiger charge is -2.15. The summed E-state index contributed by atoms with van der Waals surface area (Å²) in [6, 6.07) is 15.8. The Balaban J connectivity index is 1.52. The summed E-state index contributed by atoms with van der Waals surface area (Å²) in [6.45, 7) is 0. The highest BCUT2D eigenvalue weighted by Crippen LogP contribution is 2.37. The van der Waals surface area contributed by atoms with Crippen molar-refractivity contribution in [1.29, 1.82) is 0 Å². The first-order valence-electron chi connectivity index (χ1n) is 8.64. The molecule has 2 aromatic rings. The van der Waals surface area contributed by atoms with Crippen LogP contribution >= 0.6 is 0 Å². The van der Waals surface area contributed by atoms with Crippen molar-refractivity contribution in [3.8, 4) is 0 Å². The van der Waals surface area contributed by atoms with Crippen molar-refractivity contribution in [3.05, 3.63) is 72.3 Å². The molecule has 5 nitrogen and oxygen atoms in total. The zero-order valence-electron chi connectivity index (χ0n) is 14.1. The van der Waals surface area contributed by atoms with Crippen LogP contribution in [0, 0.1) is 11.8 Å². The van der Waals surface area contributed by atoms with E-state index >= 15 is 0 Å². The molecule has 1 N–H and O–H groups in total. The number of anilines is 2. The average Bonchev–Trinajstić information content (AvgIpc) is 2.94. The van der Waals surface area contributed by atoms with Gasteiger partial charge in [0.05, 0.1) is 17.5 Å². The molecule has 2 atom stereocenters. The van der Waals surface area contributed by atoms with Crippen LogP contribution in [-0.2, 0) is 9.59 Å². The molecular weight excluding hydrogens is 328 g/mol. The minimum atomic E-state index is -0.256. The number of allylic oxidation sites excluding steroid dienone is 2. The standard InChI is InChI=1S/C21H18N2O3/c24-19(22-15-6-2-1-3-7-15)14-10-12-16(13-11-14)23-20(25)17-8-4-5-9-18(17)21(23)26/h1-7,10-13,17-18H,8-9H2,(H,22,24)/t17-,18-/m0/s1. The molecule has 0 aromatic heterocycles. The molecule has 2 aliphatic rings. The number of para-hydroxylation sites is 1. The van der Waals surface area contributed by atoms with Crippen molar-refractivity contribution in [1.82, 2.24) is 0 Å². The largest absolute Gasteiger partial charge is 0.322 e. The lowest BCUT2D eigenvalue weighted by Crippen LogP contribution is -2.30. The Bertz CT molecular complexity index is 861. The second kappa shape index (κ2) is 6.59. The van der Waals surface area contributed by atoms with E-state index in [-0.39, 0.29) is 29.6 Å². The van der Waals surface area contributed by atoms with Crippen LogP contribution in [0.1, 0.15) is 23.2 Å². The van der Waals surface area contributed by atoms with Crippen LogP contribution in [-0.4, -0.2) is 17.7 Å². The maximum Gasteiger partial charge on any atom is 0.255 e. The third kappa shape index (κ3) is 2.81. The molecule has 0 bridgehead atoms. The lowest BCUT2D eigenvalue weighted by atomic mass is 9.85. The van der Waals surface area contributed by atoms with Crippen molar-refractivity contribution in [2.45, 2.75) is 12.8 Å². The molecular formula is C21H18N2O3. The third-order valence-electron chi connectivity index (χ3n) is 4.93. The average molecular weight is 346 g/mol. The number of carbonyl (C=O) groups excluding carboxylic acids is 3. The summed E-state index contributed by atoms with van der Waals surface area (Å²) in [5.74, 6) is -1.04. The van der Waals surface area contributed by atoms with Gasteiger partial charge in [0, 0.05) is 11.3 Å². The normalized spacial score (nSPS) is 21.6. The Morgan fingerprint density at radius 3 is 2.00 bits per heavy atom. The van der Waals surface area contributed by atoms with E-state index in [9.17, 15) is 14.4 Å². The highest BCUT2D eigenvalue weighted by Gasteiger charge is 2.47. The molecule has 2 aromatic carbocycles. The van der Waals surface area contributed by atoms with Crippen molar-refractivity contribution >= 4 is 29.1 Å². The molecule has 3 amide bonds. The van der Waals surface area contributed by atoms with Crippen LogP contribution in [0.2, 0.25) is 0 Å². The van der Waals surface area contributed by atoms with E-state index in [1.807, 2.05) is 42.5 Å². The summed E-state index contributed by atoms with van der Waals surface area (Å²) < 4.78 is 0. The van der Waals surface area contributed by atoms with Gasteiger partial charge in [-0.05, 0) is 49.2 Å². The smallest absolute Gasteiger partial charge is 0.255 e. The Labute approximate surface area is 151 Å². The first-order valence-corrected chi connectivity index (χ1v) is 8.64. The van der Waals surface area contributed by atoms with E-state index in [4.69, 9.17) is 0 Å². The van der Waals surface area contributed by atoms with Crippen LogP contribution in [0.25, 0.3) is 0 Å². The first-order chi connectivity index (χ1) is 12.6. The van der Waals surface area contributed by atoms with Gasteiger partial charge in [0.15, 0.2) is 0 Å². The summed E-state index contributed by atoms with van der Waals surface area (Å²) in [5, 5.41) is 2.81. The molecule has 0 saturated carbocycles. The van der Waals surface area contributed by atoms with Gasteiger partial charge in [-0.3, -0.25) is 19.3 Å². The highest BCUT2D eigenvalue weighted by atomic mass is 16.2. The van der Waals surface area contributed by atoms with E-state index in [0.717, 1.165) is 0 Å². The number of hydrogen-bond acceptors (Lipinski definition) is 3. The molecule has 1 aliphatic carbocycles. The van der Waals surface area contributed by atoms with E-state index in [2.05, 4.69) is 5.32 Å². The summed E-state index contributed by atoms with van der Waals surface area (Å²) in [6.07, 6.45) is 5.16. The number of nitrogens with one attached hydrogen (secondary N) is 1. The Kier molecular flexibility index (Phi) is 4.13. The summed E-state index contributed by atoms with van der Waals surface area (Å²) in [5.41, 5.74) is 1.70. The SMILES string of the molecule is O=C(Nc1ccccc1)c1ccc(N2C(=O)[C@H]3CC=CC[C@@H]3C2=O)cc1. The molecule has 1 saturated heterocycles. The molecule has 4 rings (SSSR count). The fourth-order valence-corrected chi connectivity index (χ4v) is 3.54. The number of amides is 3. The Morgan fingerprint density at radius 2 is 1.42 bits per heavy atom. The van der Waals surface area contributed by atoms with Crippen LogP contribution in [0.4, 0.5) is 11.4 Å². The number of benzene rings is 2.